The molecule has 0 aromatic heterocycles. The average Bonchev–Trinajstić information content (AvgIpc) is 2.49. The number of unbranched alkanes of at least 4 members (excludes halogenated alkanes) is 11. The third kappa shape index (κ3) is 17.5. The van der Waals surface area contributed by atoms with E-state index in [1.165, 1.54) is 83.5 Å². The molecule has 21 heavy (non-hydrogen) atoms. The van der Waals surface area contributed by atoms with Crippen molar-refractivity contribution >= 4 is 0 Å². The normalized spacial score (nSPS) is 12.0. The Hall–Kier alpha value is -0.440. The second-order valence-electron chi connectivity index (χ2n) is 6.53. The van der Waals surface area contributed by atoms with Gasteiger partial charge in [0.15, 0.2) is 0 Å². The summed E-state index contributed by atoms with van der Waals surface area (Å²) in [5, 5.41) is 0. The maximum absolute atomic E-state index is 3.89. The van der Waals surface area contributed by atoms with Crippen LogP contribution in [-0.4, -0.2) is 0 Å². The molecule has 0 aliphatic rings. The molecule has 122 valence electrons. The Kier molecular flexibility index (Phi) is 17.2. The largest absolute Gasteiger partial charge is 0.103 e. The molecule has 0 nitrogen and oxygen atoms in total. The van der Waals surface area contributed by atoms with Crippen molar-refractivity contribution in [2.24, 2.45) is 5.92 Å². The lowest BCUT2D eigenvalue weighted by atomic mass is 9.96. The van der Waals surface area contributed by atoms with Crippen LogP contribution in [0.1, 0.15) is 103 Å². The predicted octanol–water partition coefficient (Wildman–Crippen LogP) is 7.15. The van der Waals surface area contributed by atoms with E-state index in [-0.39, 0.29) is 0 Å². The van der Waals surface area contributed by atoms with Gasteiger partial charge in [0.05, 0.1) is 0 Å². The fourth-order valence-corrected chi connectivity index (χ4v) is 2.85. The molecular weight excluding hydrogens is 252 g/mol. The van der Waals surface area contributed by atoms with E-state index in [0.29, 0.717) is 0 Å². The smallest absolute Gasteiger partial charge is 0.0198 e. The molecule has 1 atom stereocenters. The van der Waals surface area contributed by atoms with Gasteiger partial charge in [-0.3, -0.25) is 0 Å². The summed E-state index contributed by atoms with van der Waals surface area (Å²) < 4.78 is 0. The number of rotatable bonds is 15. The van der Waals surface area contributed by atoms with Crippen molar-refractivity contribution in [3.05, 3.63) is 13.8 Å². The zero-order valence-corrected chi connectivity index (χ0v) is 14.6. The van der Waals surface area contributed by atoms with Crippen molar-refractivity contribution in [3.8, 4) is 11.8 Å². The standard InChI is InChI=1S/C21H38/c1-4-6-8-10-11-12-13-14-16-18-20-21(3)19-17-15-9-7-5-2/h21H,1-2,4,6,8-20H2,3H3. The zero-order chi connectivity index (χ0) is 15.6. The van der Waals surface area contributed by atoms with Crippen LogP contribution in [0.25, 0.3) is 0 Å². The minimum Gasteiger partial charge on any atom is -0.103 e. The highest BCUT2D eigenvalue weighted by Gasteiger charge is 2.01. The Morgan fingerprint density at radius 3 is 1.71 bits per heavy atom. The molecule has 0 heteroatoms. The maximum Gasteiger partial charge on any atom is 0.0198 e. The van der Waals surface area contributed by atoms with Gasteiger partial charge < -0.3 is 0 Å². The van der Waals surface area contributed by atoms with Gasteiger partial charge in [-0.2, -0.15) is 0 Å². The van der Waals surface area contributed by atoms with E-state index in [1.54, 1.807) is 0 Å². The van der Waals surface area contributed by atoms with Gasteiger partial charge in [-0.25, -0.2) is 0 Å². The molecule has 0 spiro atoms. The molecule has 0 saturated carbocycles. The van der Waals surface area contributed by atoms with Crippen LogP contribution in [0, 0.1) is 31.6 Å². The summed E-state index contributed by atoms with van der Waals surface area (Å²) in [5.74, 6) is 6.67. The summed E-state index contributed by atoms with van der Waals surface area (Å²) in [5.41, 5.74) is 0. The zero-order valence-electron chi connectivity index (χ0n) is 14.6. The van der Waals surface area contributed by atoms with Gasteiger partial charge in [-0.1, -0.05) is 97.3 Å². The van der Waals surface area contributed by atoms with Crippen molar-refractivity contribution in [2.75, 3.05) is 0 Å². The highest BCUT2D eigenvalue weighted by Crippen LogP contribution is 2.18. The summed E-state index contributed by atoms with van der Waals surface area (Å²) in [6.07, 6.45) is 20.3. The first-order valence-corrected chi connectivity index (χ1v) is 9.35. The van der Waals surface area contributed by atoms with Crippen LogP contribution < -0.4 is 0 Å². The maximum atomic E-state index is 3.89. The molecule has 0 saturated heterocycles. The van der Waals surface area contributed by atoms with Gasteiger partial charge in [-0.15, -0.1) is 11.8 Å². The van der Waals surface area contributed by atoms with Crippen LogP contribution >= 0.6 is 0 Å². The van der Waals surface area contributed by atoms with E-state index in [9.17, 15) is 0 Å². The molecular formula is C21H38. The van der Waals surface area contributed by atoms with E-state index >= 15 is 0 Å². The van der Waals surface area contributed by atoms with Crippen molar-refractivity contribution in [1.29, 1.82) is 0 Å². The lowest BCUT2D eigenvalue weighted by molar-refractivity contribution is 0.438. The molecule has 0 aromatic rings. The Morgan fingerprint density at radius 1 is 0.714 bits per heavy atom. The van der Waals surface area contributed by atoms with Gasteiger partial charge in [0, 0.05) is 13.3 Å². The molecule has 1 unspecified atom stereocenters. The first-order chi connectivity index (χ1) is 10.3. The third-order valence-electron chi connectivity index (χ3n) is 4.32. The van der Waals surface area contributed by atoms with Crippen LogP contribution in [0.5, 0.6) is 0 Å². The van der Waals surface area contributed by atoms with Crippen LogP contribution in [0.3, 0.4) is 0 Å². The van der Waals surface area contributed by atoms with Crippen molar-refractivity contribution < 1.29 is 0 Å². The fourth-order valence-electron chi connectivity index (χ4n) is 2.85. The molecule has 0 aromatic carbocycles. The van der Waals surface area contributed by atoms with Crippen LogP contribution in [0.15, 0.2) is 0 Å². The minimum atomic E-state index is 0.903. The summed E-state index contributed by atoms with van der Waals surface area (Å²) in [4.78, 5) is 0. The molecule has 0 rings (SSSR count). The van der Waals surface area contributed by atoms with Crippen molar-refractivity contribution in [1.82, 2.24) is 0 Å². The van der Waals surface area contributed by atoms with E-state index in [1.807, 2.05) is 0 Å². The molecule has 0 bridgehead atoms. The van der Waals surface area contributed by atoms with E-state index in [2.05, 4.69) is 32.6 Å². The summed E-state index contributed by atoms with van der Waals surface area (Å²) >= 11 is 0. The molecule has 2 radical (unpaired) electrons. The fraction of sp³-hybridized carbons (Fsp3) is 0.810. The highest BCUT2D eigenvalue weighted by atomic mass is 14.1. The van der Waals surface area contributed by atoms with E-state index in [4.69, 9.17) is 0 Å². The van der Waals surface area contributed by atoms with Crippen LogP contribution in [-0.2, 0) is 0 Å². The molecule has 0 aliphatic carbocycles. The van der Waals surface area contributed by atoms with E-state index in [0.717, 1.165) is 18.8 Å². The van der Waals surface area contributed by atoms with Gasteiger partial charge in [0.25, 0.3) is 0 Å². The summed E-state index contributed by atoms with van der Waals surface area (Å²) in [7, 11) is 0. The molecule has 0 amide bonds. The Bertz CT molecular complexity index is 242. The lowest BCUT2D eigenvalue weighted by Crippen LogP contribution is -1.95. The molecule has 0 heterocycles. The quantitative estimate of drug-likeness (QED) is 0.222. The second-order valence-corrected chi connectivity index (χ2v) is 6.53. The molecule has 0 N–H and O–H groups in total. The number of hydrogen-bond acceptors (Lipinski definition) is 0. The topological polar surface area (TPSA) is 0 Å². The minimum absolute atomic E-state index is 0.903. The number of hydrogen-bond donors (Lipinski definition) is 0. The van der Waals surface area contributed by atoms with Crippen molar-refractivity contribution in [3.63, 3.8) is 0 Å². The Morgan fingerprint density at radius 2 is 1.19 bits per heavy atom. The first kappa shape index (κ1) is 20.6. The van der Waals surface area contributed by atoms with Gasteiger partial charge in [0.1, 0.15) is 0 Å². The van der Waals surface area contributed by atoms with Gasteiger partial charge in [0.2, 0.25) is 0 Å². The second kappa shape index (κ2) is 17.6. The predicted molar refractivity (Wildman–Crippen MR) is 96.9 cm³/mol. The Balaban J connectivity index is 3.13. The summed E-state index contributed by atoms with van der Waals surface area (Å²) in [6, 6.07) is 0. The average molecular weight is 291 g/mol. The third-order valence-corrected chi connectivity index (χ3v) is 4.32. The molecule has 0 aliphatic heterocycles. The van der Waals surface area contributed by atoms with E-state index < -0.39 is 0 Å². The van der Waals surface area contributed by atoms with Crippen LogP contribution in [0.4, 0.5) is 0 Å². The molecule has 0 fully saturated rings. The SMILES string of the molecule is [CH2]C#CCCCCC(C)CCCCCCCCCCC[CH2]. The summed E-state index contributed by atoms with van der Waals surface area (Å²) in [6.45, 7) is 9.85. The highest BCUT2D eigenvalue weighted by molar-refractivity contribution is 5.00. The Labute approximate surface area is 135 Å². The van der Waals surface area contributed by atoms with Crippen molar-refractivity contribution in [2.45, 2.75) is 103 Å². The van der Waals surface area contributed by atoms with Gasteiger partial charge in [-0.05, 0) is 12.3 Å². The first-order valence-electron chi connectivity index (χ1n) is 9.35. The lowest BCUT2D eigenvalue weighted by Gasteiger charge is -2.10. The van der Waals surface area contributed by atoms with Gasteiger partial charge >= 0.3 is 0 Å². The van der Waals surface area contributed by atoms with Crippen LogP contribution in [0.2, 0.25) is 0 Å². The monoisotopic (exact) mass is 290 g/mol.